The fourth-order valence-corrected chi connectivity index (χ4v) is 5.80. The summed E-state index contributed by atoms with van der Waals surface area (Å²) in [4.78, 5) is 56.7. The quantitative estimate of drug-likeness (QED) is 0.380. The minimum atomic E-state index is -2.15. The summed E-state index contributed by atoms with van der Waals surface area (Å²) >= 11 is 6.07. The maximum absolute atomic E-state index is 14.1. The van der Waals surface area contributed by atoms with Crippen molar-refractivity contribution in [1.82, 2.24) is 0 Å². The van der Waals surface area contributed by atoms with Crippen molar-refractivity contribution in [3.05, 3.63) is 88.4 Å². The Morgan fingerprint density at radius 1 is 0.838 bits per heavy atom. The predicted octanol–water partition coefficient (Wildman–Crippen LogP) is 4.05. The number of hydrogen-bond acceptors (Lipinski definition) is 7. The first kappa shape index (κ1) is 23.4. The van der Waals surface area contributed by atoms with E-state index in [1.807, 2.05) is 0 Å². The van der Waals surface area contributed by atoms with Gasteiger partial charge >= 0.3 is 0 Å². The van der Waals surface area contributed by atoms with Gasteiger partial charge in [0.15, 0.2) is 0 Å². The lowest BCUT2D eigenvalue weighted by Gasteiger charge is -2.27. The number of fused-ring (bicyclic) bond motifs is 3. The molecular formula is C28H20ClNO7. The van der Waals surface area contributed by atoms with E-state index in [1.165, 1.54) is 32.4 Å². The summed E-state index contributed by atoms with van der Waals surface area (Å²) in [6, 6.07) is 17.6. The molecule has 0 saturated carbocycles. The number of carbonyl (C=O) groups is 4. The van der Waals surface area contributed by atoms with E-state index in [4.69, 9.17) is 25.8 Å². The van der Waals surface area contributed by atoms with Crippen LogP contribution in [0.25, 0.3) is 0 Å². The number of Topliss-reactive ketones (excluding diaryl/α,β-unsaturated/α-hetero) is 2. The number of benzene rings is 3. The van der Waals surface area contributed by atoms with Gasteiger partial charge in [-0.3, -0.25) is 19.2 Å². The number of ketones is 2. The summed E-state index contributed by atoms with van der Waals surface area (Å²) in [5.41, 5.74) is -1.10. The van der Waals surface area contributed by atoms with Gasteiger partial charge in [-0.1, -0.05) is 48.0 Å². The maximum atomic E-state index is 14.1. The minimum Gasteiger partial charge on any atom is -0.497 e. The highest BCUT2D eigenvalue weighted by atomic mass is 35.5. The molecule has 6 rings (SSSR count). The van der Waals surface area contributed by atoms with Crippen LogP contribution in [0.5, 0.6) is 11.5 Å². The van der Waals surface area contributed by atoms with Gasteiger partial charge in [0.25, 0.3) is 0 Å². The lowest BCUT2D eigenvalue weighted by Crippen LogP contribution is -2.51. The van der Waals surface area contributed by atoms with Gasteiger partial charge in [0.1, 0.15) is 11.5 Å². The summed E-state index contributed by atoms with van der Waals surface area (Å²) in [6.45, 7) is 0. The lowest BCUT2D eigenvalue weighted by atomic mass is 9.77. The SMILES string of the molecule is COc1ccc(N2C(=O)C3C(c4ccc(Cl)cc4)OC4(C(=O)c5ccccc5C4=O)C3C2=O)c(OC)c1. The molecule has 186 valence electrons. The zero-order valence-corrected chi connectivity index (χ0v) is 20.5. The Bertz CT molecular complexity index is 1460. The van der Waals surface area contributed by atoms with Crippen LogP contribution in [0.4, 0.5) is 5.69 Å². The predicted molar refractivity (Wildman–Crippen MR) is 132 cm³/mol. The lowest BCUT2D eigenvalue weighted by molar-refractivity contribution is -0.127. The molecule has 2 fully saturated rings. The van der Waals surface area contributed by atoms with Crippen molar-refractivity contribution < 1.29 is 33.4 Å². The van der Waals surface area contributed by atoms with Gasteiger partial charge in [0.05, 0.1) is 37.8 Å². The van der Waals surface area contributed by atoms with E-state index < -0.39 is 46.9 Å². The van der Waals surface area contributed by atoms with Gasteiger partial charge in [-0.2, -0.15) is 0 Å². The summed E-state index contributed by atoms with van der Waals surface area (Å²) in [5, 5.41) is 0.465. The molecule has 3 aliphatic rings. The van der Waals surface area contributed by atoms with Crippen LogP contribution in [0.2, 0.25) is 5.02 Å². The smallest absolute Gasteiger partial charge is 0.241 e. The third-order valence-electron chi connectivity index (χ3n) is 7.35. The standard InChI is InChI=1S/C28H20ClNO7/c1-35-16-11-12-19(20(13-16)36-2)30-26(33)21-22(27(30)34)28(37-23(21)14-7-9-15(29)10-8-14)24(31)17-5-3-4-6-18(17)25(28)32/h3-13,21-23H,1-2H3. The van der Waals surface area contributed by atoms with Gasteiger partial charge < -0.3 is 14.2 Å². The van der Waals surface area contributed by atoms with Gasteiger partial charge in [0, 0.05) is 22.2 Å². The molecule has 3 atom stereocenters. The molecule has 8 nitrogen and oxygen atoms in total. The Morgan fingerprint density at radius 2 is 1.49 bits per heavy atom. The van der Waals surface area contributed by atoms with E-state index in [1.54, 1.807) is 48.5 Å². The molecule has 3 aromatic rings. The number of hydrogen-bond donors (Lipinski definition) is 0. The topological polar surface area (TPSA) is 99.2 Å². The van der Waals surface area contributed by atoms with Crippen molar-refractivity contribution in [2.45, 2.75) is 11.7 Å². The van der Waals surface area contributed by atoms with E-state index in [0.717, 1.165) is 4.90 Å². The Hall–Kier alpha value is -4.01. The van der Waals surface area contributed by atoms with Gasteiger partial charge in [-0.05, 0) is 29.8 Å². The molecule has 1 aliphatic carbocycles. The highest BCUT2D eigenvalue weighted by Gasteiger charge is 2.74. The molecule has 37 heavy (non-hydrogen) atoms. The number of carbonyl (C=O) groups excluding carboxylic acids is 4. The fraction of sp³-hybridized carbons (Fsp3) is 0.214. The van der Waals surface area contributed by atoms with Crippen LogP contribution in [-0.2, 0) is 14.3 Å². The second-order valence-electron chi connectivity index (χ2n) is 9.08. The number of methoxy groups -OCH3 is 2. The molecule has 0 N–H and O–H groups in total. The number of imide groups is 1. The first-order valence-electron chi connectivity index (χ1n) is 11.5. The van der Waals surface area contributed by atoms with E-state index in [9.17, 15) is 19.2 Å². The zero-order valence-electron chi connectivity index (χ0n) is 19.8. The third-order valence-corrected chi connectivity index (χ3v) is 7.60. The second kappa shape index (κ2) is 8.26. The number of halogens is 1. The molecule has 1 spiro atoms. The van der Waals surface area contributed by atoms with E-state index >= 15 is 0 Å². The molecule has 2 saturated heterocycles. The number of ether oxygens (including phenoxy) is 3. The molecule has 0 bridgehead atoms. The monoisotopic (exact) mass is 517 g/mol. The van der Waals surface area contributed by atoms with Crippen LogP contribution in [0.1, 0.15) is 32.4 Å². The van der Waals surface area contributed by atoms with Crippen molar-refractivity contribution in [3.8, 4) is 11.5 Å². The van der Waals surface area contributed by atoms with Crippen molar-refractivity contribution in [2.75, 3.05) is 19.1 Å². The summed E-state index contributed by atoms with van der Waals surface area (Å²) in [5.74, 6) is -4.32. The number of anilines is 1. The molecule has 2 heterocycles. The summed E-state index contributed by atoms with van der Waals surface area (Å²) in [7, 11) is 2.89. The van der Waals surface area contributed by atoms with Crippen molar-refractivity contribution in [3.63, 3.8) is 0 Å². The highest BCUT2D eigenvalue weighted by Crippen LogP contribution is 2.58. The molecular weight excluding hydrogens is 498 g/mol. The molecule has 2 amide bonds. The number of nitrogens with zero attached hydrogens (tertiary/aromatic N) is 1. The molecule has 3 unspecified atom stereocenters. The van der Waals surface area contributed by atoms with Gasteiger partial charge in [0.2, 0.25) is 29.0 Å². The maximum Gasteiger partial charge on any atom is 0.241 e. The first-order chi connectivity index (χ1) is 17.8. The average Bonchev–Trinajstić information content (AvgIpc) is 3.48. The molecule has 2 aliphatic heterocycles. The Morgan fingerprint density at radius 3 is 2.08 bits per heavy atom. The van der Waals surface area contributed by atoms with E-state index in [2.05, 4.69) is 0 Å². The third kappa shape index (κ3) is 3.06. The number of amides is 2. The first-order valence-corrected chi connectivity index (χ1v) is 11.9. The van der Waals surface area contributed by atoms with Crippen molar-refractivity contribution in [2.24, 2.45) is 11.8 Å². The second-order valence-corrected chi connectivity index (χ2v) is 9.52. The van der Waals surface area contributed by atoms with E-state index in [-0.39, 0.29) is 22.6 Å². The Kier molecular flexibility index (Phi) is 5.22. The molecule has 0 aromatic heterocycles. The summed E-state index contributed by atoms with van der Waals surface area (Å²) < 4.78 is 17.0. The van der Waals surface area contributed by atoms with Crippen molar-refractivity contribution >= 4 is 40.7 Å². The van der Waals surface area contributed by atoms with Gasteiger partial charge in [-0.25, -0.2) is 4.90 Å². The largest absolute Gasteiger partial charge is 0.497 e. The van der Waals surface area contributed by atoms with Crippen LogP contribution in [0.3, 0.4) is 0 Å². The van der Waals surface area contributed by atoms with Crippen LogP contribution in [-0.4, -0.2) is 43.2 Å². The molecule has 3 aromatic carbocycles. The average molecular weight is 518 g/mol. The molecule has 0 radical (unpaired) electrons. The Balaban J connectivity index is 1.54. The Labute approximate surface area is 216 Å². The van der Waals surface area contributed by atoms with Crippen molar-refractivity contribution in [1.29, 1.82) is 0 Å². The molecule has 9 heteroatoms. The van der Waals surface area contributed by atoms with E-state index in [0.29, 0.717) is 16.3 Å². The normalized spacial score (nSPS) is 23.5. The fourth-order valence-electron chi connectivity index (χ4n) is 5.68. The van der Waals surface area contributed by atoms with Crippen LogP contribution < -0.4 is 14.4 Å². The zero-order chi connectivity index (χ0) is 26.1. The summed E-state index contributed by atoms with van der Waals surface area (Å²) in [6.07, 6.45) is -1.03. The minimum absolute atomic E-state index is 0.170. The van der Waals surface area contributed by atoms with Crippen LogP contribution >= 0.6 is 11.6 Å². The van der Waals surface area contributed by atoms with Crippen LogP contribution in [0, 0.1) is 11.8 Å². The van der Waals surface area contributed by atoms with Crippen LogP contribution in [0.15, 0.2) is 66.7 Å². The van der Waals surface area contributed by atoms with Gasteiger partial charge in [-0.15, -0.1) is 0 Å². The highest BCUT2D eigenvalue weighted by molar-refractivity contribution is 6.37. The number of rotatable bonds is 4.